The summed E-state index contributed by atoms with van der Waals surface area (Å²) >= 11 is 1.23. The van der Waals surface area contributed by atoms with Gasteiger partial charge in [-0.25, -0.2) is 9.78 Å². The van der Waals surface area contributed by atoms with Gasteiger partial charge >= 0.3 is 6.03 Å². The van der Waals surface area contributed by atoms with Crippen LogP contribution in [-0.4, -0.2) is 66.2 Å². The van der Waals surface area contributed by atoms with E-state index in [9.17, 15) is 19.6 Å². The lowest BCUT2D eigenvalue weighted by atomic mass is 10.0. The van der Waals surface area contributed by atoms with Gasteiger partial charge in [0.1, 0.15) is 33.2 Å². The predicted molar refractivity (Wildman–Crippen MR) is 170 cm³/mol. The highest BCUT2D eigenvalue weighted by molar-refractivity contribution is 7.21. The van der Waals surface area contributed by atoms with E-state index in [1.165, 1.54) is 11.3 Å². The Hall–Kier alpha value is -4.47. The minimum absolute atomic E-state index is 0.108. The number of carbonyl (C=O) groups excluding carboxylic acids is 3. The van der Waals surface area contributed by atoms with Crippen LogP contribution < -0.4 is 20.3 Å². The van der Waals surface area contributed by atoms with Crippen molar-refractivity contribution < 1.29 is 23.9 Å². The molecule has 232 valence electrons. The summed E-state index contributed by atoms with van der Waals surface area (Å²) < 4.78 is 11.6. The van der Waals surface area contributed by atoms with E-state index in [4.69, 9.17) is 9.47 Å². The van der Waals surface area contributed by atoms with Gasteiger partial charge in [0.25, 0.3) is 11.8 Å². The number of aromatic nitrogens is 1. The van der Waals surface area contributed by atoms with Crippen molar-refractivity contribution in [2.75, 3.05) is 36.5 Å². The molecule has 3 fully saturated rings. The molecule has 0 radical (unpaired) electrons. The van der Waals surface area contributed by atoms with E-state index >= 15 is 0 Å². The third-order valence-corrected chi connectivity index (χ3v) is 9.85. The Morgan fingerprint density at radius 3 is 2.76 bits per heavy atom. The number of nitrogens with one attached hydrogen (secondary N) is 2. The van der Waals surface area contributed by atoms with Crippen molar-refractivity contribution in [1.82, 2.24) is 15.2 Å². The summed E-state index contributed by atoms with van der Waals surface area (Å²) in [4.78, 5) is 49.1. The highest BCUT2D eigenvalue weighted by atomic mass is 32.1. The molecule has 12 heteroatoms. The minimum atomic E-state index is -0.371. The summed E-state index contributed by atoms with van der Waals surface area (Å²) in [5.41, 5.74) is 2.86. The molecule has 4 amide bonds. The molecule has 0 bridgehead atoms. The predicted octanol–water partition coefficient (Wildman–Crippen LogP) is 5.43. The summed E-state index contributed by atoms with van der Waals surface area (Å²) in [5.74, 6) is 0.464. The molecule has 5 heterocycles. The Morgan fingerprint density at radius 1 is 1.18 bits per heavy atom. The number of benzene rings is 1. The molecule has 4 aliphatic rings. The number of anilines is 3. The first-order chi connectivity index (χ1) is 21.9. The van der Waals surface area contributed by atoms with Crippen molar-refractivity contribution in [2.45, 2.75) is 57.6 Å². The number of allylic oxidation sites excluding steroid dienone is 1. The second-order valence-electron chi connectivity index (χ2n) is 12.1. The van der Waals surface area contributed by atoms with Crippen LogP contribution in [0.15, 0.2) is 42.1 Å². The Bertz CT molecular complexity index is 1750. The van der Waals surface area contributed by atoms with Gasteiger partial charge in [0.15, 0.2) is 0 Å². The van der Waals surface area contributed by atoms with Crippen LogP contribution in [0.4, 0.5) is 21.9 Å². The van der Waals surface area contributed by atoms with E-state index in [1.807, 2.05) is 25.1 Å². The fourth-order valence-electron chi connectivity index (χ4n) is 6.28. The molecule has 2 N–H and O–H groups in total. The molecular formula is C33H34N6O5S. The zero-order chi connectivity index (χ0) is 31.1. The van der Waals surface area contributed by atoms with E-state index < -0.39 is 0 Å². The first-order valence-electron chi connectivity index (χ1n) is 15.5. The van der Waals surface area contributed by atoms with Crippen molar-refractivity contribution in [3.63, 3.8) is 0 Å². The number of nitriles is 1. The van der Waals surface area contributed by atoms with E-state index in [1.54, 1.807) is 28.1 Å². The molecule has 2 saturated heterocycles. The van der Waals surface area contributed by atoms with E-state index in [0.29, 0.717) is 77.2 Å². The molecule has 1 atom stereocenters. The van der Waals surface area contributed by atoms with Gasteiger partial charge in [0.05, 0.1) is 35.7 Å². The van der Waals surface area contributed by atoms with Crippen molar-refractivity contribution in [2.24, 2.45) is 5.92 Å². The monoisotopic (exact) mass is 626 g/mol. The van der Waals surface area contributed by atoms with Gasteiger partial charge in [-0.3, -0.25) is 14.5 Å². The van der Waals surface area contributed by atoms with Crippen molar-refractivity contribution in [3.05, 3.63) is 52.6 Å². The first-order valence-corrected chi connectivity index (χ1v) is 16.3. The van der Waals surface area contributed by atoms with Gasteiger partial charge in [-0.2, -0.15) is 5.26 Å². The average Bonchev–Trinajstić information content (AvgIpc) is 3.80. The van der Waals surface area contributed by atoms with Crippen LogP contribution in [-0.2, 0) is 9.53 Å². The van der Waals surface area contributed by atoms with Crippen LogP contribution in [0, 0.1) is 24.2 Å². The molecule has 1 unspecified atom stereocenters. The highest BCUT2D eigenvalue weighted by Gasteiger charge is 2.35. The Balaban J connectivity index is 1.11. The van der Waals surface area contributed by atoms with Crippen molar-refractivity contribution >= 4 is 56.5 Å². The molecule has 1 saturated carbocycles. The first kappa shape index (κ1) is 29.3. The van der Waals surface area contributed by atoms with E-state index in [2.05, 4.69) is 21.7 Å². The summed E-state index contributed by atoms with van der Waals surface area (Å²) in [6, 6.07) is 8.91. The topological polar surface area (TPSA) is 137 Å². The molecular weight excluding hydrogens is 592 g/mol. The smallest absolute Gasteiger partial charge is 0.331 e. The van der Waals surface area contributed by atoms with Crippen LogP contribution in [0.1, 0.15) is 53.8 Å². The van der Waals surface area contributed by atoms with Crippen LogP contribution in [0.3, 0.4) is 0 Å². The second-order valence-corrected chi connectivity index (χ2v) is 13.1. The number of aryl methyl sites for hydroxylation is 1. The van der Waals surface area contributed by atoms with Crippen molar-refractivity contribution in [1.29, 1.82) is 5.26 Å². The minimum Gasteiger partial charge on any atom is -0.490 e. The van der Waals surface area contributed by atoms with Crippen molar-refractivity contribution in [3.8, 4) is 11.8 Å². The molecule has 7 rings (SSSR count). The second kappa shape index (κ2) is 12.1. The maximum atomic E-state index is 13.7. The number of hydrogen-bond donors (Lipinski definition) is 2. The quantitative estimate of drug-likeness (QED) is 0.264. The summed E-state index contributed by atoms with van der Waals surface area (Å²) in [6.07, 6.45) is 8.67. The van der Waals surface area contributed by atoms with Gasteiger partial charge in [0, 0.05) is 38.2 Å². The molecule has 3 aromatic rings. The third-order valence-electron chi connectivity index (χ3n) is 8.75. The molecule has 3 aliphatic heterocycles. The number of thiophene rings is 1. The number of carbonyl (C=O) groups is 3. The Labute approximate surface area is 264 Å². The molecule has 11 nitrogen and oxygen atoms in total. The van der Waals surface area contributed by atoms with Gasteiger partial charge in [0.2, 0.25) is 0 Å². The number of ether oxygens (including phenoxy) is 2. The lowest BCUT2D eigenvalue weighted by Gasteiger charge is -2.33. The number of piperidine rings is 1. The fraction of sp³-hybridized carbons (Fsp3) is 0.424. The highest BCUT2D eigenvalue weighted by Crippen LogP contribution is 2.46. The lowest BCUT2D eigenvalue weighted by Crippen LogP contribution is -2.50. The number of nitrogens with zero attached hydrogens (tertiary/aromatic N) is 4. The van der Waals surface area contributed by atoms with Crippen LogP contribution >= 0.6 is 11.3 Å². The van der Waals surface area contributed by atoms with Crippen LogP contribution in [0.5, 0.6) is 5.75 Å². The SMILES string of the molecule is Cc1cc(OC2CCOCC2)ccc1N1C(=O)Nc2c(C(=O)NC3CCCN(C(=O)C(C#N)=CC4CC4)C3)sc3nccc1c23. The maximum Gasteiger partial charge on any atom is 0.331 e. The maximum absolute atomic E-state index is 13.7. The van der Waals surface area contributed by atoms with Gasteiger partial charge in [-0.1, -0.05) is 6.08 Å². The van der Waals surface area contributed by atoms with Gasteiger partial charge in [-0.15, -0.1) is 11.3 Å². The van der Waals surface area contributed by atoms with E-state index in [-0.39, 0.29) is 35.6 Å². The Kier molecular flexibility index (Phi) is 7.89. The summed E-state index contributed by atoms with van der Waals surface area (Å²) in [7, 11) is 0. The Morgan fingerprint density at radius 2 is 2.00 bits per heavy atom. The molecule has 1 aromatic carbocycles. The lowest BCUT2D eigenvalue weighted by molar-refractivity contribution is -0.128. The van der Waals surface area contributed by atoms with Gasteiger partial charge < -0.3 is 25.0 Å². The van der Waals surface area contributed by atoms with Crippen LogP contribution in [0.2, 0.25) is 0 Å². The summed E-state index contributed by atoms with van der Waals surface area (Å²) in [5, 5.41) is 16.3. The fourth-order valence-corrected chi connectivity index (χ4v) is 7.30. The number of rotatable bonds is 7. The number of pyridine rings is 1. The zero-order valence-electron chi connectivity index (χ0n) is 25.0. The number of amides is 4. The van der Waals surface area contributed by atoms with E-state index in [0.717, 1.165) is 37.0 Å². The number of likely N-dealkylation sites (tertiary alicyclic amines) is 1. The molecule has 0 spiro atoms. The largest absolute Gasteiger partial charge is 0.490 e. The van der Waals surface area contributed by atoms with Gasteiger partial charge in [-0.05, 0) is 68.4 Å². The average molecular weight is 627 g/mol. The molecule has 1 aliphatic carbocycles. The normalized spacial score (nSPS) is 20.5. The van der Waals surface area contributed by atoms with Crippen LogP contribution in [0.25, 0.3) is 10.2 Å². The zero-order valence-corrected chi connectivity index (χ0v) is 25.8. The molecule has 2 aromatic heterocycles. The third kappa shape index (κ3) is 5.85. The standard InChI is InChI=1S/C33H34N6O5S/c1-19-15-24(44-23-9-13-43-14-10-23)6-7-25(19)39-26-8-11-35-31-27(26)28(37-33(39)42)29(45-31)30(40)36-22-3-2-12-38(18-22)32(41)21(17-34)16-20-4-5-20/h6-8,11,15-16,20,22-23H,2-5,9-10,12-14,18H2,1H3,(H,36,40)(H,37,42). The summed E-state index contributed by atoms with van der Waals surface area (Å²) in [6.45, 7) is 4.20. The number of hydrogen-bond acceptors (Lipinski definition) is 8. The molecule has 45 heavy (non-hydrogen) atoms. The number of urea groups is 1.